The maximum absolute atomic E-state index is 15.0. The number of alkyl halides is 1. The molecule has 0 saturated carbocycles. The zero-order valence-corrected chi connectivity index (χ0v) is 16.0. The largest absolute Gasteiger partial charge is 0.476 e. The Bertz CT molecular complexity index is 744. The van der Waals surface area contributed by atoms with Crippen molar-refractivity contribution >= 4 is 5.69 Å². The fraction of sp³-hybridized carbons (Fsp3) is 0.476. The van der Waals surface area contributed by atoms with Crippen LogP contribution in [0.5, 0.6) is 5.88 Å². The van der Waals surface area contributed by atoms with Crippen molar-refractivity contribution in [3.8, 4) is 5.88 Å². The highest BCUT2D eigenvalue weighted by Crippen LogP contribution is 2.29. The summed E-state index contributed by atoms with van der Waals surface area (Å²) in [6.07, 6.45) is 2.67. The van der Waals surface area contributed by atoms with Gasteiger partial charge in [0.05, 0.1) is 0 Å². The van der Waals surface area contributed by atoms with Crippen LogP contribution in [-0.4, -0.2) is 43.4 Å². The van der Waals surface area contributed by atoms with E-state index in [2.05, 4.69) is 15.2 Å². The van der Waals surface area contributed by atoms with E-state index >= 15 is 0 Å². The van der Waals surface area contributed by atoms with Gasteiger partial charge in [-0.05, 0) is 43.2 Å². The first-order valence-corrected chi connectivity index (χ1v) is 9.41. The first-order chi connectivity index (χ1) is 13.0. The lowest BCUT2D eigenvalue weighted by molar-refractivity contribution is 0.121. The molecule has 0 radical (unpaired) electrons. The lowest BCUT2D eigenvalue weighted by atomic mass is 9.92. The number of piperidine rings is 1. The first-order valence-electron chi connectivity index (χ1n) is 9.41. The summed E-state index contributed by atoms with van der Waals surface area (Å²) >= 11 is 0. The summed E-state index contributed by atoms with van der Waals surface area (Å²) in [5, 5.41) is 3.15. The van der Waals surface area contributed by atoms with E-state index in [0.717, 1.165) is 11.3 Å². The minimum absolute atomic E-state index is 0.206. The fourth-order valence-corrected chi connectivity index (χ4v) is 3.25. The summed E-state index contributed by atoms with van der Waals surface area (Å²) in [5.41, 5.74) is 1.45. The summed E-state index contributed by atoms with van der Waals surface area (Å²) in [6, 6.07) is 8.85. The van der Waals surface area contributed by atoms with Crippen molar-refractivity contribution < 1.29 is 13.5 Å². The predicted molar refractivity (Wildman–Crippen MR) is 104 cm³/mol. The molecule has 0 bridgehead atoms. The molecule has 1 saturated heterocycles. The molecule has 1 aromatic heterocycles. The van der Waals surface area contributed by atoms with Crippen molar-refractivity contribution in [3.05, 3.63) is 53.5 Å². The van der Waals surface area contributed by atoms with Gasteiger partial charge in [-0.25, -0.2) is 13.8 Å². The molecule has 3 rings (SSSR count). The van der Waals surface area contributed by atoms with E-state index in [1.165, 1.54) is 6.07 Å². The number of hydrogen-bond donors (Lipinski definition) is 1. The summed E-state index contributed by atoms with van der Waals surface area (Å²) in [7, 11) is 0. The number of ether oxygens (including phenoxy) is 1. The molecule has 0 amide bonds. The lowest BCUT2D eigenvalue weighted by Gasteiger charge is -2.38. The number of anilines is 1. The molecule has 1 fully saturated rings. The van der Waals surface area contributed by atoms with Crippen LogP contribution in [0.15, 0.2) is 36.5 Å². The number of nitrogens with one attached hydrogen (secondary N) is 1. The molecular weight excluding hydrogens is 348 g/mol. The topological polar surface area (TPSA) is 37.4 Å². The second-order valence-electron chi connectivity index (χ2n) is 7.27. The van der Waals surface area contributed by atoms with Crippen molar-refractivity contribution in [2.24, 2.45) is 0 Å². The minimum atomic E-state index is -1.21. The molecule has 0 aliphatic carbocycles. The van der Waals surface area contributed by atoms with E-state index in [9.17, 15) is 8.78 Å². The molecule has 27 heavy (non-hydrogen) atoms. The van der Waals surface area contributed by atoms with Crippen LogP contribution >= 0.6 is 0 Å². The number of halogens is 2. The Balaban J connectivity index is 1.38. The van der Waals surface area contributed by atoms with Gasteiger partial charge >= 0.3 is 0 Å². The molecule has 1 aromatic carbocycles. The van der Waals surface area contributed by atoms with Gasteiger partial charge < -0.3 is 15.0 Å². The van der Waals surface area contributed by atoms with Crippen molar-refractivity contribution in [2.75, 3.05) is 37.7 Å². The second-order valence-corrected chi connectivity index (χ2v) is 7.27. The van der Waals surface area contributed by atoms with Gasteiger partial charge in [0.2, 0.25) is 5.88 Å². The second kappa shape index (κ2) is 8.65. The van der Waals surface area contributed by atoms with Crippen LogP contribution in [0.1, 0.15) is 24.0 Å². The lowest BCUT2D eigenvalue weighted by Crippen LogP contribution is -2.47. The van der Waals surface area contributed by atoms with Crippen LogP contribution in [-0.2, 0) is 0 Å². The van der Waals surface area contributed by atoms with E-state index in [-0.39, 0.29) is 5.82 Å². The van der Waals surface area contributed by atoms with Crippen molar-refractivity contribution in [3.63, 3.8) is 0 Å². The monoisotopic (exact) mass is 375 g/mol. The molecule has 1 aliphatic rings. The summed E-state index contributed by atoms with van der Waals surface area (Å²) in [6.45, 7) is 6.32. The van der Waals surface area contributed by atoms with Crippen LogP contribution in [0.3, 0.4) is 0 Å². The average molecular weight is 375 g/mol. The van der Waals surface area contributed by atoms with Crippen molar-refractivity contribution in [2.45, 2.75) is 32.4 Å². The Morgan fingerprint density at radius 2 is 1.96 bits per heavy atom. The molecule has 2 aromatic rings. The Labute approximate surface area is 159 Å². The van der Waals surface area contributed by atoms with Crippen LogP contribution in [0.25, 0.3) is 0 Å². The predicted octanol–water partition coefficient (Wildman–Crippen LogP) is 3.81. The van der Waals surface area contributed by atoms with E-state index < -0.39 is 5.67 Å². The van der Waals surface area contributed by atoms with E-state index in [0.29, 0.717) is 57.1 Å². The van der Waals surface area contributed by atoms with Crippen molar-refractivity contribution in [1.29, 1.82) is 0 Å². The summed E-state index contributed by atoms with van der Waals surface area (Å²) in [4.78, 5) is 6.30. The molecule has 1 aliphatic heterocycles. The van der Waals surface area contributed by atoms with Gasteiger partial charge in [0.25, 0.3) is 0 Å². The zero-order valence-electron chi connectivity index (χ0n) is 16.0. The third-order valence-electron chi connectivity index (χ3n) is 5.02. The fourth-order valence-electron chi connectivity index (χ4n) is 3.25. The van der Waals surface area contributed by atoms with Gasteiger partial charge in [-0.3, -0.25) is 0 Å². The average Bonchev–Trinajstić information content (AvgIpc) is 2.66. The van der Waals surface area contributed by atoms with Gasteiger partial charge in [0.15, 0.2) is 0 Å². The first kappa shape index (κ1) is 19.5. The molecule has 0 unspecified atom stereocenters. The van der Waals surface area contributed by atoms with Gasteiger partial charge in [-0.15, -0.1) is 0 Å². The molecule has 1 N–H and O–H groups in total. The van der Waals surface area contributed by atoms with Gasteiger partial charge in [0, 0.05) is 57.0 Å². The highest BCUT2D eigenvalue weighted by atomic mass is 19.1. The van der Waals surface area contributed by atoms with Gasteiger partial charge in [0.1, 0.15) is 18.1 Å². The van der Waals surface area contributed by atoms with Gasteiger partial charge in [-0.1, -0.05) is 6.07 Å². The van der Waals surface area contributed by atoms with E-state index in [4.69, 9.17) is 4.74 Å². The standard InChI is InChI=1S/C21H27F2N3O/c1-16-3-6-20(25-14-16)27-12-9-24-15-21(23)7-10-26(11-8-21)18-4-5-19(22)17(2)13-18/h3-6,13-14,24H,7-12,15H2,1-2H3. The molecule has 0 spiro atoms. The van der Waals surface area contributed by atoms with Crippen LogP contribution in [0, 0.1) is 19.7 Å². The number of aromatic nitrogens is 1. The Morgan fingerprint density at radius 3 is 2.63 bits per heavy atom. The third-order valence-corrected chi connectivity index (χ3v) is 5.02. The number of rotatable bonds is 7. The normalized spacial score (nSPS) is 16.4. The van der Waals surface area contributed by atoms with Crippen molar-refractivity contribution in [1.82, 2.24) is 10.3 Å². The number of pyridine rings is 1. The highest BCUT2D eigenvalue weighted by molar-refractivity contribution is 5.49. The maximum Gasteiger partial charge on any atom is 0.213 e. The van der Waals surface area contributed by atoms with E-state index in [1.807, 2.05) is 25.1 Å². The van der Waals surface area contributed by atoms with Crippen LogP contribution < -0.4 is 15.0 Å². The third kappa shape index (κ3) is 5.39. The molecular formula is C21H27F2N3O. The minimum Gasteiger partial charge on any atom is -0.476 e. The maximum atomic E-state index is 15.0. The molecule has 0 atom stereocenters. The Morgan fingerprint density at radius 1 is 1.19 bits per heavy atom. The smallest absolute Gasteiger partial charge is 0.213 e. The molecule has 2 heterocycles. The highest BCUT2D eigenvalue weighted by Gasteiger charge is 2.34. The number of hydrogen-bond acceptors (Lipinski definition) is 4. The van der Waals surface area contributed by atoms with E-state index in [1.54, 1.807) is 19.2 Å². The summed E-state index contributed by atoms with van der Waals surface area (Å²) < 4.78 is 34.0. The van der Waals surface area contributed by atoms with Crippen LogP contribution in [0.4, 0.5) is 14.5 Å². The number of nitrogens with zero attached hydrogens (tertiary/aromatic N) is 2. The Hall–Kier alpha value is -2.21. The van der Waals surface area contributed by atoms with Crippen LogP contribution in [0.2, 0.25) is 0 Å². The summed E-state index contributed by atoms with van der Waals surface area (Å²) in [5.74, 6) is 0.378. The number of aryl methyl sites for hydroxylation is 2. The SMILES string of the molecule is Cc1ccc(OCCNCC2(F)CCN(c3ccc(F)c(C)c3)CC2)nc1. The quantitative estimate of drug-likeness (QED) is 0.747. The Kier molecular flexibility index (Phi) is 6.26. The zero-order chi connectivity index (χ0) is 19.3. The molecule has 6 heteroatoms. The molecule has 4 nitrogen and oxygen atoms in total. The van der Waals surface area contributed by atoms with Gasteiger partial charge in [-0.2, -0.15) is 0 Å². The molecule has 146 valence electrons. The number of benzene rings is 1.